The maximum atomic E-state index is 9.45. The molecule has 1 aromatic rings. The summed E-state index contributed by atoms with van der Waals surface area (Å²) in [4.78, 5) is 0. The van der Waals surface area contributed by atoms with Crippen LogP contribution in [0.3, 0.4) is 0 Å². The lowest BCUT2D eigenvalue weighted by Gasteiger charge is -2.08. The summed E-state index contributed by atoms with van der Waals surface area (Å²) in [6.45, 7) is 2.63. The van der Waals surface area contributed by atoms with E-state index in [0.29, 0.717) is 0 Å². The average molecular weight is 209 g/mol. The van der Waals surface area contributed by atoms with Crippen molar-refractivity contribution < 1.29 is 10.2 Å². The monoisotopic (exact) mass is 209 g/mol. The lowest BCUT2D eigenvalue weighted by atomic mass is 10.2. The number of unbranched alkanes of at least 4 members (excludes halogenated alkanes) is 1. The second-order valence-corrected chi connectivity index (χ2v) is 3.79. The number of aliphatic hydroxyl groups is 1. The summed E-state index contributed by atoms with van der Waals surface area (Å²) >= 11 is 0. The van der Waals surface area contributed by atoms with Gasteiger partial charge in [0.15, 0.2) is 0 Å². The van der Waals surface area contributed by atoms with Gasteiger partial charge in [0.2, 0.25) is 0 Å². The number of rotatable bonds is 6. The van der Waals surface area contributed by atoms with Gasteiger partial charge in [-0.15, -0.1) is 0 Å². The zero-order valence-electron chi connectivity index (χ0n) is 9.11. The minimum Gasteiger partial charge on any atom is -0.506 e. The first-order valence-electron chi connectivity index (χ1n) is 5.40. The fraction of sp³-hybridized carbons (Fsp3) is 0.500. The van der Waals surface area contributed by atoms with Crippen LogP contribution >= 0.6 is 0 Å². The highest BCUT2D eigenvalue weighted by molar-refractivity contribution is 5.54. The van der Waals surface area contributed by atoms with Crippen molar-refractivity contribution in [2.24, 2.45) is 0 Å². The standard InChI is InChI=1S/C12H19NO2/c1-10(14)6-4-5-9-13-11-7-2-3-8-12(11)15/h2-3,7-8,10,13-15H,4-6,9H2,1H3. The van der Waals surface area contributed by atoms with E-state index >= 15 is 0 Å². The molecule has 3 heteroatoms. The molecular weight excluding hydrogens is 190 g/mol. The van der Waals surface area contributed by atoms with Crippen molar-refractivity contribution in [3.63, 3.8) is 0 Å². The van der Waals surface area contributed by atoms with Crippen molar-refractivity contribution in [1.29, 1.82) is 0 Å². The van der Waals surface area contributed by atoms with Gasteiger partial charge < -0.3 is 15.5 Å². The molecule has 0 saturated carbocycles. The molecule has 0 aromatic heterocycles. The molecule has 15 heavy (non-hydrogen) atoms. The summed E-state index contributed by atoms with van der Waals surface area (Å²) in [7, 11) is 0. The Bertz CT molecular complexity index is 287. The molecule has 84 valence electrons. The number of nitrogens with one attached hydrogen (secondary N) is 1. The van der Waals surface area contributed by atoms with Crippen LogP contribution in [0.4, 0.5) is 5.69 Å². The number of aliphatic hydroxyl groups excluding tert-OH is 1. The van der Waals surface area contributed by atoms with Crippen LogP contribution in [0.5, 0.6) is 5.75 Å². The Hall–Kier alpha value is -1.22. The largest absolute Gasteiger partial charge is 0.506 e. The van der Waals surface area contributed by atoms with E-state index in [1.807, 2.05) is 12.1 Å². The van der Waals surface area contributed by atoms with Crippen molar-refractivity contribution in [2.45, 2.75) is 32.3 Å². The third-order valence-corrected chi connectivity index (χ3v) is 2.27. The number of hydrogen-bond donors (Lipinski definition) is 3. The van der Waals surface area contributed by atoms with Gasteiger partial charge in [0.1, 0.15) is 5.75 Å². The number of phenolic OH excluding ortho intramolecular Hbond substituents is 1. The van der Waals surface area contributed by atoms with E-state index in [2.05, 4.69) is 5.32 Å². The molecule has 0 aliphatic rings. The first kappa shape index (κ1) is 11.9. The van der Waals surface area contributed by atoms with Gasteiger partial charge >= 0.3 is 0 Å². The van der Waals surface area contributed by atoms with Crippen molar-refractivity contribution >= 4 is 5.69 Å². The fourth-order valence-corrected chi connectivity index (χ4v) is 1.41. The number of anilines is 1. The number of para-hydroxylation sites is 2. The normalized spacial score (nSPS) is 12.4. The molecule has 1 aromatic carbocycles. The van der Waals surface area contributed by atoms with Crippen LogP contribution in [0, 0.1) is 0 Å². The van der Waals surface area contributed by atoms with Gasteiger partial charge in [0.25, 0.3) is 0 Å². The summed E-state index contributed by atoms with van der Waals surface area (Å²) in [6.07, 6.45) is 2.62. The van der Waals surface area contributed by atoms with E-state index in [0.717, 1.165) is 31.5 Å². The molecule has 0 aliphatic heterocycles. The summed E-state index contributed by atoms with van der Waals surface area (Å²) in [5.41, 5.74) is 0.773. The van der Waals surface area contributed by atoms with Crippen LogP contribution < -0.4 is 5.32 Å². The van der Waals surface area contributed by atoms with Gasteiger partial charge in [-0.25, -0.2) is 0 Å². The Morgan fingerprint density at radius 2 is 2.00 bits per heavy atom. The maximum Gasteiger partial charge on any atom is 0.138 e. The molecule has 0 aliphatic carbocycles. The van der Waals surface area contributed by atoms with Crippen LogP contribution in [0.25, 0.3) is 0 Å². The lowest BCUT2D eigenvalue weighted by Crippen LogP contribution is -2.04. The van der Waals surface area contributed by atoms with Crippen molar-refractivity contribution in [3.8, 4) is 5.75 Å². The van der Waals surface area contributed by atoms with Crippen LogP contribution in [0.2, 0.25) is 0 Å². The van der Waals surface area contributed by atoms with Crippen molar-refractivity contribution in [3.05, 3.63) is 24.3 Å². The molecule has 1 atom stereocenters. The molecule has 0 spiro atoms. The molecule has 0 heterocycles. The molecule has 3 N–H and O–H groups in total. The number of benzene rings is 1. The first-order valence-corrected chi connectivity index (χ1v) is 5.40. The van der Waals surface area contributed by atoms with E-state index < -0.39 is 0 Å². The number of phenols is 1. The molecule has 0 saturated heterocycles. The van der Waals surface area contributed by atoms with Gasteiger partial charge in [0, 0.05) is 6.54 Å². The minimum atomic E-state index is -0.213. The summed E-state index contributed by atoms with van der Waals surface area (Å²) < 4.78 is 0. The molecule has 1 rings (SSSR count). The predicted octanol–water partition coefficient (Wildman–Crippen LogP) is 2.36. The molecule has 0 radical (unpaired) electrons. The van der Waals surface area contributed by atoms with Crippen LogP contribution in [0.1, 0.15) is 26.2 Å². The van der Waals surface area contributed by atoms with Gasteiger partial charge in [-0.05, 0) is 38.3 Å². The quantitative estimate of drug-likeness (QED) is 0.498. The Morgan fingerprint density at radius 1 is 1.27 bits per heavy atom. The molecule has 0 bridgehead atoms. The molecule has 0 fully saturated rings. The minimum absolute atomic E-state index is 0.213. The van der Waals surface area contributed by atoms with Gasteiger partial charge in [-0.2, -0.15) is 0 Å². The molecule has 1 unspecified atom stereocenters. The first-order chi connectivity index (χ1) is 7.20. The highest BCUT2D eigenvalue weighted by Crippen LogP contribution is 2.21. The van der Waals surface area contributed by atoms with Crippen LogP contribution in [-0.2, 0) is 0 Å². The Balaban J connectivity index is 2.18. The van der Waals surface area contributed by atoms with Crippen molar-refractivity contribution in [2.75, 3.05) is 11.9 Å². The topological polar surface area (TPSA) is 52.5 Å². The number of hydrogen-bond acceptors (Lipinski definition) is 3. The average Bonchev–Trinajstić information content (AvgIpc) is 2.20. The van der Waals surface area contributed by atoms with Gasteiger partial charge in [-0.1, -0.05) is 12.1 Å². The summed E-state index contributed by atoms with van der Waals surface area (Å²) in [5.74, 6) is 0.285. The van der Waals surface area contributed by atoms with E-state index in [4.69, 9.17) is 5.11 Å². The second-order valence-electron chi connectivity index (χ2n) is 3.79. The molecule has 3 nitrogen and oxygen atoms in total. The summed E-state index contributed by atoms with van der Waals surface area (Å²) in [5, 5.41) is 21.7. The summed E-state index contributed by atoms with van der Waals surface area (Å²) in [6, 6.07) is 7.20. The molecule has 0 amide bonds. The number of aromatic hydroxyl groups is 1. The smallest absolute Gasteiger partial charge is 0.138 e. The second kappa shape index (κ2) is 6.30. The van der Waals surface area contributed by atoms with E-state index in [9.17, 15) is 5.11 Å². The fourth-order valence-electron chi connectivity index (χ4n) is 1.41. The SMILES string of the molecule is CC(O)CCCCNc1ccccc1O. The van der Waals surface area contributed by atoms with E-state index in [1.165, 1.54) is 0 Å². The zero-order chi connectivity index (χ0) is 11.1. The van der Waals surface area contributed by atoms with Gasteiger partial charge in [0.05, 0.1) is 11.8 Å². The molecular formula is C12H19NO2. The third kappa shape index (κ3) is 4.70. The Kier molecular flexibility index (Phi) is 4.98. The Labute approximate surface area is 90.8 Å². The highest BCUT2D eigenvalue weighted by Gasteiger charge is 1.98. The maximum absolute atomic E-state index is 9.45. The van der Waals surface area contributed by atoms with Crippen LogP contribution in [-0.4, -0.2) is 22.9 Å². The van der Waals surface area contributed by atoms with Gasteiger partial charge in [-0.3, -0.25) is 0 Å². The van der Waals surface area contributed by atoms with E-state index in [1.54, 1.807) is 19.1 Å². The van der Waals surface area contributed by atoms with Crippen molar-refractivity contribution in [1.82, 2.24) is 0 Å². The highest BCUT2D eigenvalue weighted by atomic mass is 16.3. The van der Waals surface area contributed by atoms with E-state index in [-0.39, 0.29) is 11.9 Å². The third-order valence-electron chi connectivity index (χ3n) is 2.27. The predicted molar refractivity (Wildman–Crippen MR) is 62.1 cm³/mol. The van der Waals surface area contributed by atoms with Crippen LogP contribution in [0.15, 0.2) is 24.3 Å². The lowest BCUT2D eigenvalue weighted by molar-refractivity contribution is 0.181. The zero-order valence-corrected chi connectivity index (χ0v) is 9.11. The Morgan fingerprint density at radius 3 is 2.67 bits per heavy atom.